The Bertz CT molecular complexity index is 1560. The number of fused-ring (bicyclic) bond motifs is 1. The molecule has 1 amide bonds. The molecule has 0 bridgehead atoms. The molecule has 4 N–H and O–H groups in total. The van der Waals surface area contributed by atoms with Crippen molar-refractivity contribution in [1.29, 1.82) is 5.41 Å². The van der Waals surface area contributed by atoms with E-state index >= 15 is 0 Å². The zero-order chi connectivity index (χ0) is 25.6. The first kappa shape index (κ1) is 23.8. The van der Waals surface area contributed by atoms with E-state index in [0.717, 1.165) is 11.6 Å². The van der Waals surface area contributed by atoms with Gasteiger partial charge in [-0.3, -0.25) is 9.59 Å². The summed E-state index contributed by atoms with van der Waals surface area (Å²) in [5, 5.41) is 11.2. The molecule has 0 saturated carbocycles. The van der Waals surface area contributed by atoms with E-state index in [4.69, 9.17) is 15.6 Å². The first-order valence-electron chi connectivity index (χ1n) is 10.8. The van der Waals surface area contributed by atoms with Crippen LogP contribution in [-0.2, 0) is 0 Å². The molecular weight excluding hydrogens is 452 g/mol. The molecular formula is C27H23F2N3O3. The van der Waals surface area contributed by atoms with Crippen LogP contribution >= 0.6 is 0 Å². The van der Waals surface area contributed by atoms with Crippen molar-refractivity contribution >= 4 is 33.8 Å². The van der Waals surface area contributed by atoms with E-state index in [9.17, 15) is 18.4 Å². The second-order valence-electron chi connectivity index (χ2n) is 8.50. The van der Waals surface area contributed by atoms with Gasteiger partial charge in [-0.15, -0.1) is 0 Å². The quantitative estimate of drug-likeness (QED) is 0.453. The number of allylic oxidation sites excluding steroid dienone is 5. The van der Waals surface area contributed by atoms with Crippen LogP contribution < -0.4 is 16.5 Å². The number of aryl methyl sites for hydroxylation is 1. The molecule has 6 nitrogen and oxygen atoms in total. The Morgan fingerprint density at radius 3 is 2.57 bits per heavy atom. The van der Waals surface area contributed by atoms with Crippen molar-refractivity contribution in [2.75, 3.05) is 5.32 Å². The van der Waals surface area contributed by atoms with E-state index in [1.165, 1.54) is 6.07 Å². The van der Waals surface area contributed by atoms with Crippen LogP contribution in [-0.4, -0.2) is 11.6 Å². The van der Waals surface area contributed by atoms with E-state index < -0.39 is 29.1 Å². The highest BCUT2D eigenvalue weighted by molar-refractivity contribution is 6.12. The lowest BCUT2D eigenvalue weighted by Crippen LogP contribution is -2.19. The number of nitrogens with two attached hydrogens (primary N) is 1. The first-order chi connectivity index (χ1) is 16.5. The highest BCUT2D eigenvalue weighted by Crippen LogP contribution is 2.33. The molecule has 4 rings (SSSR count). The largest absolute Gasteiger partial charge is 0.455 e. The standard InChI is InChI=1S/C27H23F2N3O3/c1-12-9-17(15(4)32-21-8-6-19(28)23(29)22(21)27(31)34)26-18(10-12)24(33)14(3)25(35-26)16-5-7-20(30)13(2)11-16/h5-11,15,30,32H,2H2,1,3-4H3,(H2,31,34). The average molecular weight is 475 g/mol. The minimum absolute atomic E-state index is 0.0148. The van der Waals surface area contributed by atoms with E-state index in [1.54, 1.807) is 38.1 Å². The van der Waals surface area contributed by atoms with Crippen molar-refractivity contribution < 1.29 is 18.0 Å². The third-order valence-electron chi connectivity index (χ3n) is 5.94. The van der Waals surface area contributed by atoms with Crippen molar-refractivity contribution in [1.82, 2.24) is 0 Å². The minimum atomic E-state index is -1.34. The van der Waals surface area contributed by atoms with Crippen molar-refractivity contribution in [3.63, 3.8) is 0 Å². The number of carbonyl (C=O) groups excluding carboxylic acids is 1. The molecule has 8 heteroatoms. The van der Waals surface area contributed by atoms with Crippen LogP contribution in [0.4, 0.5) is 14.5 Å². The Kier molecular flexibility index (Phi) is 5.98. The summed E-state index contributed by atoms with van der Waals surface area (Å²) in [6, 6.07) is 5.08. The summed E-state index contributed by atoms with van der Waals surface area (Å²) in [6.07, 6.45) is 4.94. The molecule has 1 aromatic heterocycles. The van der Waals surface area contributed by atoms with Gasteiger partial charge in [0.05, 0.1) is 22.8 Å². The Hall–Kier alpha value is -4.33. The van der Waals surface area contributed by atoms with Crippen molar-refractivity contribution in [2.45, 2.75) is 26.8 Å². The number of amides is 1. The maximum Gasteiger partial charge on any atom is 0.253 e. The first-order valence-corrected chi connectivity index (χ1v) is 10.8. The van der Waals surface area contributed by atoms with E-state index in [0.29, 0.717) is 39.0 Å². The number of rotatable bonds is 5. The number of anilines is 1. The molecule has 1 aliphatic carbocycles. The molecule has 178 valence electrons. The molecule has 1 atom stereocenters. The second-order valence-corrected chi connectivity index (χ2v) is 8.50. The molecule has 0 aliphatic heterocycles. The van der Waals surface area contributed by atoms with E-state index in [2.05, 4.69) is 11.9 Å². The molecule has 0 spiro atoms. The summed E-state index contributed by atoms with van der Waals surface area (Å²) in [7, 11) is 0. The molecule has 35 heavy (non-hydrogen) atoms. The average Bonchev–Trinajstić information content (AvgIpc) is 2.80. The van der Waals surface area contributed by atoms with Gasteiger partial charge in [-0.1, -0.05) is 12.6 Å². The third kappa shape index (κ3) is 4.19. The number of carbonyl (C=O) groups is 1. The molecule has 1 aliphatic rings. The number of hydrogen-bond acceptors (Lipinski definition) is 5. The molecule has 0 radical (unpaired) electrons. The van der Waals surface area contributed by atoms with Crippen LogP contribution in [0.15, 0.2) is 63.9 Å². The molecule has 1 heterocycles. The van der Waals surface area contributed by atoms with Gasteiger partial charge in [0.2, 0.25) is 0 Å². The smallest absolute Gasteiger partial charge is 0.253 e. The van der Waals surface area contributed by atoms with Gasteiger partial charge < -0.3 is 20.9 Å². The van der Waals surface area contributed by atoms with Gasteiger partial charge in [0.1, 0.15) is 16.9 Å². The van der Waals surface area contributed by atoms with Crippen LogP contribution in [0.3, 0.4) is 0 Å². The Labute approximate surface area is 200 Å². The predicted molar refractivity (Wildman–Crippen MR) is 133 cm³/mol. The normalized spacial score (nSPS) is 14.3. The number of hydrogen-bond donors (Lipinski definition) is 3. The maximum atomic E-state index is 14.3. The zero-order valence-corrected chi connectivity index (χ0v) is 19.4. The fraction of sp³-hybridized carbons (Fsp3) is 0.148. The van der Waals surface area contributed by atoms with Crippen molar-refractivity contribution in [3.05, 3.63) is 105 Å². The molecule has 0 fully saturated rings. The Balaban J connectivity index is 1.89. The Morgan fingerprint density at radius 2 is 1.91 bits per heavy atom. The third-order valence-corrected chi connectivity index (χ3v) is 5.94. The number of primary amides is 1. The molecule has 3 aromatic rings. The Morgan fingerprint density at radius 1 is 1.20 bits per heavy atom. The van der Waals surface area contributed by atoms with Crippen LogP contribution in [0.5, 0.6) is 0 Å². The second kappa shape index (κ2) is 8.79. The van der Waals surface area contributed by atoms with Gasteiger partial charge in [0, 0.05) is 16.7 Å². The van der Waals surface area contributed by atoms with Gasteiger partial charge in [-0.05, 0) is 68.3 Å². The zero-order valence-electron chi connectivity index (χ0n) is 19.4. The maximum absolute atomic E-state index is 14.3. The lowest BCUT2D eigenvalue weighted by Gasteiger charge is -2.20. The minimum Gasteiger partial charge on any atom is -0.455 e. The highest BCUT2D eigenvalue weighted by atomic mass is 19.2. The summed E-state index contributed by atoms with van der Waals surface area (Å²) in [4.78, 5) is 25.1. The molecule has 1 unspecified atom stereocenters. The van der Waals surface area contributed by atoms with Gasteiger partial charge in [0.15, 0.2) is 17.1 Å². The summed E-state index contributed by atoms with van der Waals surface area (Å²) in [6.45, 7) is 9.08. The number of benzene rings is 2. The summed E-state index contributed by atoms with van der Waals surface area (Å²) in [5.41, 5.74) is 7.93. The summed E-state index contributed by atoms with van der Waals surface area (Å²) >= 11 is 0. The van der Waals surface area contributed by atoms with Crippen molar-refractivity contribution in [3.8, 4) is 0 Å². The lowest BCUT2D eigenvalue weighted by molar-refractivity contribution is 0.0996. The predicted octanol–water partition coefficient (Wildman–Crippen LogP) is 5.49. The van der Waals surface area contributed by atoms with Crippen LogP contribution in [0, 0.1) is 30.9 Å². The number of nitrogens with one attached hydrogen (secondary N) is 2. The van der Waals surface area contributed by atoms with Crippen LogP contribution in [0.2, 0.25) is 0 Å². The SMILES string of the molecule is C=C1C=C(c2oc3c(C(C)Nc4ccc(F)c(F)c4C(N)=O)cc(C)cc3c(=O)c2C)C=CC1=N. The van der Waals surface area contributed by atoms with Gasteiger partial charge in [-0.25, -0.2) is 8.78 Å². The molecule has 2 aromatic carbocycles. The highest BCUT2D eigenvalue weighted by Gasteiger charge is 2.23. The van der Waals surface area contributed by atoms with Crippen LogP contribution in [0.1, 0.15) is 45.8 Å². The topological polar surface area (TPSA) is 109 Å². The summed E-state index contributed by atoms with van der Waals surface area (Å²) < 4.78 is 34.3. The molecule has 0 saturated heterocycles. The van der Waals surface area contributed by atoms with Gasteiger partial charge in [0.25, 0.3) is 5.91 Å². The van der Waals surface area contributed by atoms with Gasteiger partial charge in [-0.2, -0.15) is 0 Å². The monoisotopic (exact) mass is 475 g/mol. The number of halogens is 2. The fourth-order valence-corrected chi connectivity index (χ4v) is 4.12. The van der Waals surface area contributed by atoms with Gasteiger partial charge >= 0.3 is 0 Å². The van der Waals surface area contributed by atoms with E-state index in [-0.39, 0.29) is 16.8 Å². The van der Waals surface area contributed by atoms with Crippen molar-refractivity contribution in [2.24, 2.45) is 5.73 Å². The fourth-order valence-electron chi connectivity index (χ4n) is 4.12. The van der Waals surface area contributed by atoms with E-state index in [1.807, 2.05) is 13.0 Å². The van der Waals surface area contributed by atoms with Crippen LogP contribution in [0.25, 0.3) is 16.5 Å². The lowest BCUT2D eigenvalue weighted by atomic mass is 9.95. The summed E-state index contributed by atoms with van der Waals surface area (Å²) in [5.74, 6) is -3.30.